The number of hydrogen-bond donors (Lipinski definition) is 1. The fourth-order valence-electron chi connectivity index (χ4n) is 4.17. The molecule has 140 valence electrons. The normalized spacial score (nSPS) is 23.8. The maximum atomic E-state index is 6.35. The van der Waals surface area contributed by atoms with Gasteiger partial charge in [0.25, 0.3) is 0 Å². The molecule has 4 nitrogen and oxygen atoms in total. The third-order valence-electron chi connectivity index (χ3n) is 5.69. The van der Waals surface area contributed by atoms with Crippen molar-refractivity contribution in [1.82, 2.24) is 4.90 Å². The lowest BCUT2D eigenvalue weighted by Gasteiger charge is -2.38. The summed E-state index contributed by atoms with van der Waals surface area (Å²) in [7, 11) is 0. The Kier molecular flexibility index (Phi) is 7.55. The summed E-state index contributed by atoms with van der Waals surface area (Å²) in [4.78, 5) is 7.12. The Morgan fingerprint density at radius 2 is 2.04 bits per heavy atom. The highest BCUT2D eigenvalue weighted by Crippen LogP contribution is 2.37. The zero-order valence-corrected chi connectivity index (χ0v) is 17.9. The summed E-state index contributed by atoms with van der Waals surface area (Å²) >= 11 is 0. The molecule has 1 unspecified atom stereocenters. The van der Waals surface area contributed by atoms with Gasteiger partial charge in [-0.2, -0.15) is 0 Å². The Labute approximate surface area is 169 Å². The lowest BCUT2D eigenvalue weighted by atomic mass is 9.72. The standard InChI is InChI=1S/C20H31N3O.HI/c1-16-6-5-11-23(14-16)19(21)22-15-20(9-12-24-13-10-20)18-8-4-3-7-17(18)2;/h3-4,7-8,16H,5-6,9-15H2,1-2H3,(H2,21,22);1H. The number of likely N-dealkylation sites (tertiary alicyclic amines) is 1. The Morgan fingerprint density at radius 1 is 1.32 bits per heavy atom. The maximum absolute atomic E-state index is 6.35. The van der Waals surface area contributed by atoms with E-state index in [1.807, 2.05) is 0 Å². The molecule has 1 aromatic rings. The molecule has 25 heavy (non-hydrogen) atoms. The van der Waals surface area contributed by atoms with Crippen molar-refractivity contribution in [3.8, 4) is 0 Å². The van der Waals surface area contributed by atoms with Gasteiger partial charge in [0.15, 0.2) is 5.96 Å². The predicted octanol–water partition coefficient (Wildman–Crippen LogP) is 3.71. The van der Waals surface area contributed by atoms with Crippen LogP contribution in [0.25, 0.3) is 0 Å². The molecule has 0 spiro atoms. The van der Waals surface area contributed by atoms with Crippen molar-refractivity contribution in [2.75, 3.05) is 32.8 Å². The molecular formula is C20H32IN3O. The highest BCUT2D eigenvalue weighted by Gasteiger charge is 2.35. The smallest absolute Gasteiger partial charge is 0.191 e. The average molecular weight is 457 g/mol. The monoisotopic (exact) mass is 457 g/mol. The minimum absolute atomic E-state index is 0. The minimum Gasteiger partial charge on any atom is -0.381 e. The van der Waals surface area contributed by atoms with Gasteiger partial charge in [-0.15, -0.1) is 24.0 Å². The van der Waals surface area contributed by atoms with Crippen molar-refractivity contribution < 1.29 is 4.74 Å². The number of aryl methyl sites for hydroxylation is 1. The summed E-state index contributed by atoms with van der Waals surface area (Å²) in [5.41, 5.74) is 9.17. The van der Waals surface area contributed by atoms with Crippen molar-refractivity contribution >= 4 is 29.9 Å². The molecule has 1 atom stereocenters. The molecule has 2 fully saturated rings. The number of ether oxygens (including phenoxy) is 1. The van der Waals surface area contributed by atoms with E-state index in [9.17, 15) is 0 Å². The molecule has 5 heteroatoms. The second-order valence-electron chi connectivity index (χ2n) is 7.58. The molecule has 1 aromatic carbocycles. The molecule has 2 saturated heterocycles. The number of piperidine rings is 1. The fraction of sp³-hybridized carbons (Fsp3) is 0.650. The lowest BCUT2D eigenvalue weighted by molar-refractivity contribution is 0.0528. The molecule has 2 N–H and O–H groups in total. The van der Waals surface area contributed by atoms with Crippen molar-refractivity contribution in [2.24, 2.45) is 16.6 Å². The molecule has 0 radical (unpaired) electrons. The van der Waals surface area contributed by atoms with Crippen LogP contribution in [0.4, 0.5) is 0 Å². The molecule has 0 saturated carbocycles. The number of halogens is 1. The van der Waals surface area contributed by atoms with Crippen LogP contribution in [0.1, 0.15) is 43.7 Å². The van der Waals surface area contributed by atoms with Crippen LogP contribution in [0.3, 0.4) is 0 Å². The van der Waals surface area contributed by atoms with Gasteiger partial charge in [0.05, 0.1) is 6.54 Å². The van der Waals surface area contributed by atoms with Crippen molar-refractivity contribution in [3.63, 3.8) is 0 Å². The van der Waals surface area contributed by atoms with E-state index in [-0.39, 0.29) is 29.4 Å². The van der Waals surface area contributed by atoms with Gasteiger partial charge in [0.2, 0.25) is 0 Å². The number of guanidine groups is 1. The quantitative estimate of drug-likeness (QED) is 0.428. The predicted molar refractivity (Wildman–Crippen MR) is 115 cm³/mol. The SMILES string of the molecule is Cc1ccccc1C1(CN=C(N)N2CCCC(C)C2)CCOCC1.I. The number of nitrogens with two attached hydrogens (primary N) is 1. The Morgan fingerprint density at radius 3 is 2.72 bits per heavy atom. The number of rotatable bonds is 3. The van der Waals surface area contributed by atoms with E-state index in [0.29, 0.717) is 5.92 Å². The fourth-order valence-corrected chi connectivity index (χ4v) is 4.17. The first-order chi connectivity index (χ1) is 11.6. The second-order valence-corrected chi connectivity index (χ2v) is 7.58. The van der Waals surface area contributed by atoms with Crippen molar-refractivity contribution in [2.45, 2.75) is 44.9 Å². The first kappa shape index (κ1) is 20.5. The maximum Gasteiger partial charge on any atom is 0.191 e. The van der Waals surface area contributed by atoms with Gasteiger partial charge in [0.1, 0.15) is 0 Å². The summed E-state index contributed by atoms with van der Waals surface area (Å²) in [6.45, 7) is 8.96. The van der Waals surface area contributed by atoms with Crippen LogP contribution in [0.2, 0.25) is 0 Å². The molecule has 2 aliphatic heterocycles. The molecular weight excluding hydrogens is 425 g/mol. The third kappa shape index (κ3) is 4.88. The molecule has 0 aliphatic carbocycles. The average Bonchev–Trinajstić information content (AvgIpc) is 2.61. The highest BCUT2D eigenvalue weighted by atomic mass is 127. The van der Waals surface area contributed by atoms with E-state index < -0.39 is 0 Å². The number of hydrogen-bond acceptors (Lipinski definition) is 2. The summed E-state index contributed by atoms with van der Waals surface area (Å²) in [6, 6.07) is 8.71. The summed E-state index contributed by atoms with van der Waals surface area (Å²) in [6.07, 6.45) is 4.55. The summed E-state index contributed by atoms with van der Waals surface area (Å²) < 4.78 is 5.63. The summed E-state index contributed by atoms with van der Waals surface area (Å²) in [5.74, 6) is 1.43. The number of aliphatic imine (C=N–C) groups is 1. The Balaban J connectivity index is 0.00000225. The van der Waals surface area contributed by atoms with Crippen LogP contribution in [0, 0.1) is 12.8 Å². The van der Waals surface area contributed by atoms with Gasteiger partial charge in [-0.3, -0.25) is 4.99 Å². The zero-order valence-electron chi connectivity index (χ0n) is 15.5. The Bertz CT molecular complexity index is 584. The van der Waals surface area contributed by atoms with Crippen LogP contribution in [-0.4, -0.2) is 43.7 Å². The van der Waals surface area contributed by atoms with Gasteiger partial charge in [-0.25, -0.2) is 0 Å². The topological polar surface area (TPSA) is 50.8 Å². The largest absolute Gasteiger partial charge is 0.381 e. The van der Waals surface area contributed by atoms with Crippen LogP contribution in [0.5, 0.6) is 0 Å². The minimum atomic E-state index is 0. The molecule has 2 aliphatic rings. The summed E-state index contributed by atoms with van der Waals surface area (Å²) in [5, 5.41) is 0. The highest BCUT2D eigenvalue weighted by molar-refractivity contribution is 14.0. The molecule has 0 amide bonds. The van der Waals surface area contributed by atoms with E-state index in [1.54, 1.807) is 0 Å². The first-order valence-electron chi connectivity index (χ1n) is 9.29. The van der Waals surface area contributed by atoms with E-state index in [4.69, 9.17) is 15.5 Å². The van der Waals surface area contributed by atoms with Gasteiger partial charge in [-0.1, -0.05) is 31.2 Å². The van der Waals surface area contributed by atoms with Crippen LogP contribution >= 0.6 is 24.0 Å². The van der Waals surface area contributed by atoms with Crippen LogP contribution in [-0.2, 0) is 10.2 Å². The van der Waals surface area contributed by atoms with Gasteiger partial charge >= 0.3 is 0 Å². The van der Waals surface area contributed by atoms with E-state index in [1.165, 1.54) is 24.0 Å². The first-order valence-corrected chi connectivity index (χ1v) is 9.29. The second kappa shape index (κ2) is 9.21. The molecule has 2 heterocycles. The molecule has 0 aromatic heterocycles. The number of benzene rings is 1. The Hall–Kier alpha value is -0.820. The van der Waals surface area contributed by atoms with E-state index in [0.717, 1.165) is 51.6 Å². The molecule has 3 rings (SSSR count). The van der Waals surface area contributed by atoms with Gasteiger partial charge < -0.3 is 15.4 Å². The lowest BCUT2D eigenvalue weighted by Crippen LogP contribution is -2.45. The van der Waals surface area contributed by atoms with Crippen LogP contribution < -0.4 is 5.73 Å². The molecule has 0 bridgehead atoms. The van der Waals surface area contributed by atoms with Crippen LogP contribution in [0.15, 0.2) is 29.3 Å². The van der Waals surface area contributed by atoms with Gasteiger partial charge in [-0.05, 0) is 49.7 Å². The zero-order chi connectivity index (χ0) is 17.0. The van der Waals surface area contributed by atoms with Crippen molar-refractivity contribution in [1.29, 1.82) is 0 Å². The van der Waals surface area contributed by atoms with Crippen molar-refractivity contribution in [3.05, 3.63) is 35.4 Å². The van der Waals surface area contributed by atoms with Gasteiger partial charge in [0, 0.05) is 31.7 Å². The number of nitrogens with zero attached hydrogens (tertiary/aromatic N) is 2. The van der Waals surface area contributed by atoms with E-state index in [2.05, 4.69) is 43.0 Å². The third-order valence-corrected chi connectivity index (χ3v) is 5.69. The van der Waals surface area contributed by atoms with E-state index >= 15 is 0 Å².